The van der Waals surface area contributed by atoms with E-state index in [4.69, 9.17) is 14.0 Å². The van der Waals surface area contributed by atoms with Crippen LogP contribution in [0.2, 0.25) is 0 Å². The van der Waals surface area contributed by atoms with Crippen molar-refractivity contribution in [2.24, 2.45) is 5.92 Å². The van der Waals surface area contributed by atoms with Gasteiger partial charge in [-0.15, -0.1) is 0 Å². The van der Waals surface area contributed by atoms with Crippen molar-refractivity contribution in [2.45, 2.75) is 44.8 Å². The van der Waals surface area contributed by atoms with Crippen molar-refractivity contribution in [1.82, 2.24) is 10.5 Å². The maximum atomic E-state index is 12.0. The molecule has 6 nitrogen and oxygen atoms in total. The summed E-state index contributed by atoms with van der Waals surface area (Å²) in [6, 6.07) is 1.66. The van der Waals surface area contributed by atoms with Gasteiger partial charge in [0.05, 0.1) is 12.7 Å². The standard InChI is InChI=1S/C15H22N2O4/c18-15(16-8-11-5-6-19-9-11)14-7-13(21-17-14)10-20-12-3-1-2-4-12/h7,11-12H,1-6,8-10H2,(H,16,18). The van der Waals surface area contributed by atoms with Crippen LogP contribution >= 0.6 is 0 Å². The second kappa shape index (κ2) is 7.04. The second-order valence-corrected chi connectivity index (χ2v) is 5.84. The van der Waals surface area contributed by atoms with Gasteiger partial charge in [-0.05, 0) is 19.3 Å². The van der Waals surface area contributed by atoms with Crippen LogP contribution < -0.4 is 5.32 Å². The molecule has 2 heterocycles. The highest BCUT2D eigenvalue weighted by Gasteiger charge is 2.19. The molecule has 116 valence electrons. The molecule has 0 radical (unpaired) electrons. The summed E-state index contributed by atoms with van der Waals surface area (Å²) in [7, 11) is 0. The minimum atomic E-state index is -0.197. The quantitative estimate of drug-likeness (QED) is 0.867. The molecule has 2 fully saturated rings. The molecule has 0 aromatic carbocycles. The molecule has 1 N–H and O–H groups in total. The van der Waals surface area contributed by atoms with E-state index < -0.39 is 0 Å². The molecule has 3 rings (SSSR count). The van der Waals surface area contributed by atoms with Crippen molar-refractivity contribution in [3.63, 3.8) is 0 Å². The Bertz CT molecular complexity index is 462. The maximum Gasteiger partial charge on any atom is 0.273 e. The molecule has 1 aliphatic carbocycles. The van der Waals surface area contributed by atoms with Gasteiger partial charge in [-0.2, -0.15) is 0 Å². The number of aromatic nitrogens is 1. The number of nitrogens with one attached hydrogen (secondary N) is 1. The average molecular weight is 294 g/mol. The van der Waals surface area contributed by atoms with Crippen molar-refractivity contribution < 1.29 is 18.8 Å². The van der Waals surface area contributed by atoms with Crippen molar-refractivity contribution in [2.75, 3.05) is 19.8 Å². The summed E-state index contributed by atoms with van der Waals surface area (Å²) in [5.74, 6) is 0.819. The fourth-order valence-corrected chi connectivity index (χ4v) is 2.81. The molecule has 1 aliphatic heterocycles. The van der Waals surface area contributed by atoms with Gasteiger partial charge in [0.15, 0.2) is 11.5 Å². The molecule has 0 bridgehead atoms. The summed E-state index contributed by atoms with van der Waals surface area (Å²) < 4.78 is 16.2. The third kappa shape index (κ3) is 4.04. The number of hydrogen-bond donors (Lipinski definition) is 1. The van der Waals surface area contributed by atoms with E-state index in [0.29, 0.717) is 36.6 Å². The first-order valence-corrected chi connectivity index (χ1v) is 7.74. The van der Waals surface area contributed by atoms with Crippen molar-refractivity contribution in [1.29, 1.82) is 0 Å². The van der Waals surface area contributed by atoms with Crippen LogP contribution in [0.4, 0.5) is 0 Å². The van der Waals surface area contributed by atoms with Crippen LogP contribution in [0.1, 0.15) is 48.4 Å². The molecule has 21 heavy (non-hydrogen) atoms. The molecule has 0 spiro atoms. The fraction of sp³-hybridized carbons (Fsp3) is 0.733. The monoisotopic (exact) mass is 294 g/mol. The van der Waals surface area contributed by atoms with Gasteiger partial charge < -0.3 is 19.3 Å². The Hall–Kier alpha value is -1.40. The van der Waals surface area contributed by atoms with Crippen LogP contribution in [0.5, 0.6) is 0 Å². The predicted octanol–water partition coefficient (Wildman–Crippen LogP) is 1.90. The Morgan fingerprint density at radius 2 is 2.24 bits per heavy atom. The smallest absolute Gasteiger partial charge is 0.273 e. The molecule has 1 aromatic rings. The van der Waals surface area contributed by atoms with E-state index in [1.54, 1.807) is 6.07 Å². The molecule has 1 unspecified atom stereocenters. The zero-order valence-electron chi connectivity index (χ0n) is 12.2. The highest BCUT2D eigenvalue weighted by molar-refractivity contribution is 5.92. The van der Waals surface area contributed by atoms with Gasteiger partial charge in [-0.1, -0.05) is 18.0 Å². The van der Waals surface area contributed by atoms with Crippen LogP contribution in [-0.2, 0) is 16.1 Å². The maximum absolute atomic E-state index is 12.0. The summed E-state index contributed by atoms with van der Waals surface area (Å²) >= 11 is 0. The van der Waals surface area contributed by atoms with Gasteiger partial charge in [0.25, 0.3) is 5.91 Å². The minimum Gasteiger partial charge on any atom is -0.381 e. The number of nitrogens with zero attached hydrogens (tertiary/aromatic N) is 1. The van der Waals surface area contributed by atoms with Gasteiger partial charge >= 0.3 is 0 Å². The predicted molar refractivity (Wildman–Crippen MR) is 74.8 cm³/mol. The average Bonchev–Trinajstić information content (AvgIpc) is 3.24. The normalized spacial score (nSPS) is 22.8. The van der Waals surface area contributed by atoms with E-state index in [1.807, 2.05) is 0 Å². The van der Waals surface area contributed by atoms with E-state index in [0.717, 1.165) is 32.5 Å². The van der Waals surface area contributed by atoms with Gasteiger partial charge in [0, 0.05) is 25.1 Å². The van der Waals surface area contributed by atoms with Crippen LogP contribution in [0.3, 0.4) is 0 Å². The van der Waals surface area contributed by atoms with E-state index in [-0.39, 0.29) is 5.91 Å². The largest absolute Gasteiger partial charge is 0.381 e. The lowest BCUT2D eigenvalue weighted by Crippen LogP contribution is -2.29. The number of carbonyl (C=O) groups is 1. The van der Waals surface area contributed by atoms with Gasteiger partial charge in [0.1, 0.15) is 6.61 Å². The molecule has 6 heteroatoms. The summed E-state index contributed by atoms with van der Waals surface area (Å²) in [5.41, 5.74) is 0.318. The molecule has 1 saturated carbocycles. The third-order valence-electron chi connectivity index (χ3n) is 4.13. The molecule has 1 atom stereocenters. The minimum absolute atomic E-state index is 0.197. The lowest BCUT2D eigenvalue weighted by atomic mass is 10.1. The highest BCUT2D eigenvalue weighted by Crippen LogP contribution is 2.22. The van der Waals surface area contributed by atoms with Crippen molar-refractivity contribution in [3.05, 3.63) is 17.5 Å². The zero-order chi connectivity index (χ0) is 14.5. The van der Waals surface area contributed by atoms with Crippen LogP contribution in [0.15, 0.2) is 10.6 Å². The van der Waals surface area contributed by atoms with Crippen LogP contribution in [0, 0.1) is 5.92 Å². The topological polar surface area (TPSA) is 73.6 Å². The first-order valence-electron chi connectivity index (χ1n) is 7.74. The number of hydrogen-bond acceptors (Lipinski definition) is 5. The lowest BCUT2D eigenvalue weighted by molar-refractivity contribution is 0.0330. The summed E-state index contributed by atoms with van der Waals surface area (Å²) in [4.78, 5) is 12.0. The van der Waals surface area contributed by atoms with Crippen LogP contribution in [0.25, 0.3) is 0 Å². The summed E-state index contributed by atoms with van der Waals surface area (Å²) in [6.07, 6.45) is 6.03. The lowest BCUT2D eigenvalue weighted by Gasteiger charge is -2.08. The van der Waals surface area contributed by atoms with Gasteiger partial charge in [0.2, 0.25) is 0 Å². The van der Waals surface area contributed by atoms with Gasteiger partial charge in [-0.25, -0.2) is 0 Å². The number of rotatable bonds is 6. The van der Waals surface area contributed by atoms with Crippen molar-refractivity contribution >= 4 is 5.91 Å². The molecular formula is C15H22N2O4. The highest BCUT2D eigenvalue weighted by atomic mass is 16.5. The fourth-order valence-electron chi connectivity index (χ4n) is 2.81. The van der Waals surface area contributed by atoms with E-state index in [9.17, 15) is 4.79 Å². The Morgan fingerprint density at radius 1 is 1.38 bits per heavy atom. The molecule has 1 aromatic heterocycles. The first-order chi connectivity index (χ1) is 10.3. The Balaban J connectivity index is 1.43. The SMILES string of the molecule is O=C(NCC1CCOC1)c1cc(COC2CCCC2)on1. The molecule has 2 aliphatic rings. The molecular weight excluding hydrogens is 272 g/mol. The first kappa shape index (κ1) is 14.5. The number of amides is 1. The van der Waals surface area contributed by atoms with E-state index in [2.05, 4.69) is 10.5 Å². The molecule has 1 amide bonds. The Kier molecular flexibility index (Phi) is 4.87. The zero-order valence-corrected chi connectivity index (χ0v) is 12.2. The summed E-state index contributed by atoms with van der Waals surface area (Å²) in [6.45, 7) is 2.52. The Labute approximate surface area is 124 Å². The number of ether oxygens (including phenoxy) is 2. The summed E-state index contributed by atoms with van der Waals surface area (Å²) in [5, 5.41) is 6.68. The third-order valence-corrected chi connectivity index (χ3v) is 4.13. The second-order valence-electron chi connectivity index (χ2n) is 5.84. The van der Waals surface area contributed by atoms with Crippen molar-refractivity contribution in [3.8, 4) is 0 Å². The molecule has 1 saturated heterocycles. The van der Waals surface area contributed by atoms with Crippen LogP contribution in [-0.4, -0.2) is 36.9 Å². The van der Waals surface area contributed by atoms with E-state index >= 15 is 0 Å². The van der Waals surface area contributed by atoms with Gasteiger partial charge in [-0.3, -0.25) is 4.79 Å². The Morgan fingerprint density at radius 3 is 3.00 bits per heavy atom. The van der Waals surface area contributed by atoms with E-state index in [1.165, 1.54) is 12.8 Å². The number of carbonyl (C=O) groups excluding carboxylic acids is 1.